The summed E-state index contributed by atoms with van der Waals surface area (Å²) in [4.78, 5) is 30.9. The Balaban J connectivity index is 2.06. The molecule has 0 aliphatic carbocycles. The molecule has 2 aromatic heterocycles. The molecular formula is C12H11N5O3. The number of nitrogens with one attached hydrogen (secondary N) is 1. The van der Waals surface area contributed by atoms with Gasteiger partial charge in [0, 0.05) is 0 Å². The van der Waals surface area contributed by atoms with E-state index in [9.17, 15) is 9.59 Å². The van der Waals surface area contributed by atoms with E-state index in [0.29, 0.717) is 11.4 Å². The van der Waals surface area contributed by atoms with Gasteiger partial charge in [0.1, 0.15) is 11.4 Å². The van der Waals surface area contributed by atoms with Crippen LogP contribution in [0, 0.1) is 0 Å². The number of hydrogen-bond donors (Lipinski definition) is 3. The highest BCUT2D eigenvalue weighted by Crippen LogP contribution is 2.07. The number of carbonyl (C=O) groups excluding carboxylic acids is 2. The lowest BCUT2D eigenvalue weighted by atomic mass is 10.3. The number of rotatable bonds is 3. The third kappa shape index (κ3) is 3.06. The van der Waals surface area contributed by atoms with E-state index in [4.69, 9.17) is 11.6 Å². The van der Waals surface area contributed by atoms with E-state index in [1.54, 1.807) is 0 Å². The van der Waals surface area contributed by atoms with Crippen molar-refractivity contribution in [3.8, 4) is 0 Å². The third-order valence-electron chi connectivity index (χ3n) is 2.32. The van der Waals surface area contributed by atoms with Crippen molar-refractivity contribution in [3.63, 3.8) is 0 Å². The molecule has 2 aromatic rings. The average Bonchev–Trinajstić information content (AvgIpc) is 2.48. The minimum atomic E-state index is -0.878. The zero-order valence-electron chi connectivity index (χ0n) is 10.2. The number of nitrogens with two attached hydrogens (primary N) is 2. The van der Waals surface area contributed by atoms with Gasteiger partial charge in [-0.15, -0.1) is 0 Å². The highest BCUT2D eigenvalue weighted by molar-refractivity contribution is 6.00. The Morgan fingerprint density at radius 2 is 1.60 bits per heavy atom. The fourth-order valence-corrected chi connectivity index (χ4v) is 1.31. The van der Waals surface area contributed by atoms with Gasteiger partial charge in [-0.3, -0.25) is 5.84 Å². The fraction of sp³-hybridized carbons (Fsp3) is 0. The first kappa shape index (κ1) is 13.4. The second-order valence-electron chi connectivity index (χ2n) is 3.73. The Labute approximate surface area is 113 Å². The van der Waals surface area contributed by atoms with Crippen LogP contribution in [0.4, 0.5) is 11.4 Å². The molecule has 0 unspecified atom stereocenters. The summed E-state index contributed by atoms with van der Waals surface area (Å²) in [7, 11) is 0. The van der Waals surface area contributed by atoms with Gasteiger partial charge >= 0.3 is 11.9 Å². The van der Waals surface area contributed by atoms with E-state index in [-0.39, 0.29) is 11.4 Å². The maximum absolute atomic E-state index is 11.7. The summed E-state index contributed by atoms with van der Waals surface area (Å²) < 4.78 is 4.64. The molecule has 0 saturated carbocycles. The normalized spacial score (nSPS) is 9.85. The predicted octanol–water partition coefficient (Wildman–Crippen LogP) is 0.342. The molecule has 20 heavy (non-hydrogen) atoms. The molecule has 8 heteroatoms. The second kappa shape index (κ2) is 5.76. The molecule has 8 nitrogen and oxygen atoms in total. The molecule has 0 radical (unpaired) electrons. The van der Waals surface area contributed by atoms with Crippen LogP contribution in [0.15, 0.2) is 36.7 Å². The lowest BCUT2D eigenvalue weighted by Crippen LogP contribution is -2.15. The maximum atomic E-state index is 11.7. The van der Waals surface area contributed by atoms with Crippen molar-refractivity contribution in [1.82, 2.24) is 9.97 Å². The van der Waals surface area contributed by atoms with E-state index >= 15 is 0 Å². The number of nitrogen functional groups attached to an aromatic ring is 2. The van der Waals surface area contributed by atoms with Crippen LogP contribution in [0.25, 0.3) is 0 Å². The van der Waals surface area contributed by atoms with Crippen LogP contribution in [-0.2, 0) is 4.74 Å². The van der Waals surface area contributed by atoms with Gasteiger partial charge < -0.3 is 15.9 Å². The number of nitrogens with zero attached hydrogens (tertiary/aromatic N) is 2. The van der Waals surface area contributed by atoms with E-state index in [1.165, 1.54) is 36.7 Å². The number of esters is 2. The van der Waals surface area contributed by atoms with Crippen LogP contribution in [0.3, 0.4) is 0 Å². The fourth-order valence-electron chi connectivity index (χ4n) is 1.31. The number of pyridine rings is 2. The summed E-state index contributed by atoms with van der Waals surface area (Å²) in [5.74, 6) is 3.41. The molecule has 0 atom stereocenters. The summed E-state index contributed by atoms with van der Waals surface area (Å²) in [5.41, 5.74) is 8.68. The summed E-state index contributed by atoms with van der Waals surface area (Å²) in [6.07, 6.45) is 2.63. The second-order valence-corrected chi connectivity index (χ2v) is 3.73. The van der Waals surface area contributed by atoms with Crippen molar-refractivity contribution in [3.05, 3.63) is 48.0 Å². The molecule has 5 N–H and O–H groups in total. The Morgan fingerprint density at radius 1 is 1.00 bits per heavy atom. The quantitative estimate of drug-likeness (QED) is 0.315. The lowest BCUT2D eigenvalue weighted by molar-refractivity contribution is 0.0389. The van der Waals surface area contributed by atoms with Crippen LogP contribution in [0.5, 0.6) is 0 Å². The monoisotopic (exact) mass is 273 g/mol. The number of hydrogen-bond acceptors (Lipinski definition) is 8. The first-order valence-electron chi connectivity index (χ1n) is 5.51. The maximum Gasteiger partial charge on any atom is 0.364 e. The molecular weight excluding hydrogens is 262 g/mol. The Kier molecular flexibility index (Phi) is 3.87. The highest BCUT2D eigenvalue weighted by Gasteiger charge is 2.16. The predicted molar refractivity (Wildman–Crippen MR) is 70.4 cm³/mol. The molecule has 0 saturated heterocycles. The van der Waals surface area contributed by atoms with E-state index in [1.807, 2.05) is 0 Å². The van der Waals surface area contributed by atoms with Gasteiger partial charge in [-0.05, 0) is 24.3 Å². The Hall–Kier alpha value is -3.00. The van der Waals surface area contributed by atoms with Gasteiger partial charge in [0.2, 0.25) is 0 Å². The Morgan fingerprint density at radius 3 is 2.05 bits per heavy atom. The molecule has 0 fully saturated rings. The van der Waals surface area contributed by atoms with Crippen LogP contribution < -0.4 is 17.0 Å². The van der Waals surface area contributed by atoms with Crippen molar-refractivity contribution in [2.24, 2.45) is 5.84 Å². The average molecular weight is 273 g/mol. The lowest BCUT2D eigenvalue weighted by Gasteiger charge is -2.03. The van der Waals surface area contributed by atoms with Gasteiger partial charge in [0.05, 0.1) is 23.8 Å². The van der Waals surface area contributed by atoms with Crippen molar-refractivity contribution in [2.75, 3.05) is 11.2 Å². The molecule has 0 aromatic carbocycles. The molecule has 0 aliphatic rings. The molecule has 102 valence electrons. The summed E-state index contributed by atoms with van der Waals surface area (Å²) in [5, 5.41) is 0. The molecule has 2 rings (SSSR count). The number of aromatic nitrogens is 2. The number of anilines is 2. The van der Waals surface area contributed by atoms with Crippen LogP contribution in [0.2, 0.25) is 0 Å². The highest BCUT2D eigenvalue weighted by atomic mass is 16.6. The third-order valence-corrected chi connectivity index (χ3v) is 2.32. The zero-order valence-corrected chi connectivity index (χ0v) is 10.2. The zero-order chi connectivity index (χ0) is 14.5. The van der Waals surface area contributed by atoms with Crippen molar-refractivity contribution < 1.29 is 14.3 Å². The smallest absolute Gasteiger partial charge is 0.364 e. The van der Waals surface area contributed by atoms with Gasteiger partial charge in [0.25, 0.3) is 0 Å². The number of carbonyl (C=O) groups is 2. The molecule has 0 spiro atoms. The topological polar surface area (TPSA) is 133 Å². The molecule has 2 heterocycles. The van der Waals surface area contributed by atoms with Crippen LogP contribution in [-0.4, -0.2) is 21.9 Å². The standard InChI is InChI=1S/C12H11N5O3/c13-7-1-3-9(15-5-7)11(18)20-12(19)10-4-2-8(17-14)6-16-10/h1-6,17H,13-14H2. The number of hydrazine groups is 1. The summed E-state index contributed by atoms with van der Waals surface area (Å²) in [6.45, 7) is 0. The number of ether oxygens (including phenoxy) is 1. The van der Waals surface area contributed by atoms with Crippen LogP contribution >= 0.6 is 0 Å². The van der Waals surface area contributed by atoms with Gasteiger partial charge in [-0.25, -0.2) is 19.6 Å². The first-order valence-corrected chi connectivity index (χ1v) is 5.51. The largest absolute Gasteiger partial charge is 0.397 e. The molecule has 0 bridgehead atoms. The summed E-state index contributed by atoms with van der Waals surface area (Å²) >= 11 is 0. The SMILES string of the molecule is NNc1ccc(C(=O)OC(=O)c2ccc(N)cn2)nc1. The van der Waals surface area contributed by atoms with Gasteiger partial charge in [0.15, 0.2) is 0 Å². The van der Waals surface area contributed by atoms with Crippen molar-refractivity contribution in [2.45, 2.75) is 0 Å². The Bertz CT molecular complexity index is 625. The van der Waals surface area contributed by atoms with Gasteiger partial charge in [-0.1, -0.05) is 0 Å². The van der Waals surface area contributed by atoms with E-state index in [0.717, 1.165) is 0 Å². The van der Waals surface area contributed by atoms with Crippen molar-refractivity contribution >= 4 is 23.3 Å². The first-order chi connectivity index (χ1) is 9.60. The van der Waals surface area contributed by atoms with Gasteiger partial charge in [-0.2, -0.15) is 0 Å². The molecule has 0 aliphatic heterocycles. The minimum Gasteiger partial charge on any atom is -0.397 e. The van der Waals surface area contributed by atoms with E-state index < -0.39 is 11.9 Å². The minimum absolute atomic E-state index is 0.0206. The van der Waals surface area contributed by atoms with Crippen molar-refractivity contribution in [1.29, 1.82) is 0 Å². The summed E-state index contributed by atoms with van der Waals surface area (Å²) in [6, 6.07) is 5.74. The van der Waals surface area contributed by atoms with E-state index in [2.05, 4.69) is 20.1 Å². The van der Waals surface area contributed by atoms with Crippen LogP contribution in [0.1, 0.15) is 21.0 Å². The molecule has 0 amide bonds.